The van der Waals surface area contributed by atoms with E-state index in [1.165, 1.54) is 12.1 Å². The molecule has 3 aromatic carbocycles. The molecule has 0 aliphatic carbocycles. The molecule has 0 spiro atoms. The zero-order valence-electron chi connectivity index (χ0n) is 18.8. The number of nitrogens with one attached hydrogen (secondary N) is 3. The van der Waals surface area contributed by atoms with Gasteiger partial charge in [0.2, 0.25) is 10.0 Å². The van der Waals surface area contributed by atoms with Crippen LogP contribution in [0.25, 0.3) is 0 Å². The molecule has 3 aromatic rings. The van der Waals surface area contributed by atoms with E-state index in [1.807, 2.05) is 42.5 Å². The summed E-state index contributed by atoms with van der Waals surface area (Å²) in [7, 11) is -3.65. The maximum Gasteiger partial charge on any atom is 0.257 e. The first-order chi connectivity index (χ1) is 15.5. The molecular formula is C25H27N3O3S2. The molecule has 3 rings (SSSR count). The van der Waals surface area contributed by atoms with Crippen molar-refractivity contribution in [3.05, 3.63) is 95.6 Å². The van der Waals surface area contributed by atoms with Gasteiger partial charge in [0.25, 0.3) is 5.91 Å². The van der Waals surface area contributed by atoms with Crippen LogP contribution in [0.2, 0.25) is 0 Å². The van der Waals surface area contributed by atoms with Crippen LogP contribution in [0.4, 0.5) is 5.69 Å². The monoisotopic (exact) mass is 481 g/mol. The Labute approximate surface area is 200 Å². The Bertz CT molecular complexity index is 1220. The van der Waals surface area contributed by atoms with Gasteiger partial charge < -0.3 is 5.32 Å². The molecule has 0 radical (unpaired) electrons. The van der Waals surface area contributed by atoms with Crippen LogP contribution in [-0.2, 0) is 22.0 Å². The number of carbonyl (C=O) groups is 1. The lowest BCUT2D eigenvalue weighted by Gasteiger charge is -2.19. The number of hydrogen-bond acceptors (Lipinski definition) is 4. The lowest BCUT2D eigenvalue weighted by molar-refractivity contribution is 0.0977. The number of hydrogen-bond donors (Lipinski definition) is 3. The highest BCUT2D eigenvalue weighted by Gasteiger charge is 2.16. The van der Waals surface area contributed by atoms with Crippen molar-refractivity contribution in [3.63, 3.8) is 0 Å². The van der Waals surface area contributed by atoms with Gasteiger partial charge in [0.1, 0.15) is 0 Å². The molecular weight excluding hydrogens is 454 g/mol. The fourth-order valence-electron chi connectivity index (χ4n) is 3.03. The summed E-state index contributed by atoms with van der Waals surface area (Å²) in [6.07, 6.45) is 0. The second kappa shape index (κ2) is 10.2. The van der Waals surface area contributed by atoms with Crippen molar-refractivity contribution in [1.29, 1.82) is 0 Å². The summed E-state index contributed by atoms with van der Waals surface area (Å²) in [6, 6.07) is 22.8. The third-order valence-electron chi connectivity index (χ3n) is 4.97. The summed E-state index contributed by atoms with van der Waals surface area (Å²) < 4.78 is 27.6. The highest BCUT2D eigenvalue weighted by Crippen LogP contribution is 2.22. The van der Waals surface area contributed by atoms with Gasteiger partial charge >= 0.3 is 0 Å². The van der Waals surface area contributed by atoms with Crippen molar-refractivity contribution in [2.45, 2.75) is 37.6 Å². The van der Waals surface area contributed by atoms with Crippen LogP contribution in [0.15, 0.2) is 83.8 Å². The van der Waals surface area contributed by atoms with Crippen molar-refractivity contribution in [3.8, 4) is 0 Å². The van der Waals surface area contributed by atoms with E-state index in [2.05, 4.69) is 36.1 Å². The van der Waals surface area contributed by atoms with E-state index in [0.29, 0.717) is 11.3 Å². The molecule has 0 saturated carbocycles. The average molecular weight is 482 g/mol. The average Bonchev–Trinajstić information content (AvgIpc) is 2.78. The van der Waals surface area contributed by atoms with Gasteiger partial charge in [-0.25, -0.2) is 13.1 Å². The van der Waals surface area contributed by atoms with Gasteiger partial charge in [-0.2, -0.15) is 0 Å². The molecule has 0 fully saturated rings. The summed E-state index contributed by atoms with van der Waals surface area (Å²) in [5.41, 5.74) is 3.06. The van der Waals surface area contributed by atoms with Gasteiger partial charge in [0, 0.05) is 17.8 Å². The number of amides is 1. The summed E-state index contributed by atoms with van der Waals surface area (Å²) in [5.74, 6) is -0.322. The van der Waals surface area contributed by atoms with Gasteiger partial charge in [-0.15, -0.1) is 0 Å². The van der Waals surface area contributed by atoms with E-state index >= 15 is 0 Å². The highest BCUT2D eigenvalue weighted by atomic mass is 32.2. The molecule has 172 valence electrons. The Balaban J connectivity index is 1.56. The molecule has 0 aliphatic rings. The largest absolute Gasteiger partial charge is 0.332 e. The number of sulfonamides is 1. The molecule has 0 heterocycles. The first-order valence-corrected chi connectivity index (χ1v) is 12.3. The molecule has 33 heavy (non-hydrogen) atoms. The summed E-state index contributed by atoms with van der Waals surface area (Å²) in [5, 5.41) is 5.66. The summed E-state index contributed by atoms with van der Waals surface area (Å²) in [4.78, 5) is 12.6. The Morgan fingerprint density at radius 1 is 0.879 bits per heavy atom. The molecule has 0 aliphatic heterocycles. The van der Waals surface area contributed by atoms with E-state index in [1.54, 1.807) is 24.3 Å². The van der Waals surface area contributed by atoms with Gasteiger partial charge in [-0.05, 0) is 65.2 Å². The Morgan fingerprint density at radius 3 is 2.06 bits per heavy atom. The number of thiocarbonyl (C=S) groups is 1. The van der Waals surface area contributed by atoms with E-state index in [9.17, 15) is 13.2 Å². The first-order valence-electron chi connectivity index (χ1n) is 10.4. The Kier molecular flexibility index (Phi) is 7.63. The van der Waals surface area contributed by atoms with Gasteiger partial charge in [-0.3, -0.25) is 10.1 Å². The van der Waals surface area contributed by atoms with E-state index in [0.717, 1.165) is 11.1 Å². The minimum Gasteiger partial charge on any atom is -0.332 e. The first kappa shape index (κ1) is 24.6. The zero-order valence-corrected chi connectivity index (χ0v) is 20.4. The van der Waals surface area contributed by atoms with E-state index in [-0.39, 0.29) is 27.9 Å². The number of rotatable bonds is 6. The number of carbonyl (C=O) groups excluding carboxylic acids is 1. The van der Waals surface area contributed by atoms with E-state index < -0.39 is 10.0 Å². The topological polar surface area (TPSA) is 87.3 Å². The maximum atomic E-state index is 12.5. The van der Waals surface area contributed by atoms with Crippen LogP contribution in [0.1, 0.15) is 42.3 Å². The zero-order chi connectivity index (χ0) is 24.1. The Hall–Kier alpha value is -3.07. The van der Waals surface area contributed by atoms with Crippen LogP contribution >= 0.6 is 12.2 Å². The quantitative estimate of drug-likeness (QED) is 0.448. The lowest BCUT2D eigenvalue weighted by Crippen LogP contribution is -2.34. The predicted molar refractivity (Wildman–Crippen MR) is 136 cm³/mol. The summed E-state index contributed by atoms with van der Waals surface area (Å²) >= 11 is 5.23. The molecule has 0 saturated heterocycles. The molecule has 0 bridgehead atoms. The number of benzene rings is 3. The van der Waals surface area contributed by atoms with Crippen molar-refractivity contribution >= 4 is 38.9 Å². The molecule has 1 amide bonds. The molecule has 3 N–H and O–H groups in total. The third-order valence-corrected chi connectivity index (χ3v) is 6.59. The van der Waals surface area contributed by atoms with E-state index in [4.69, 9.17) is 12.2 Å². The standard InChI is InChI=1S/C25H27N3O3S2/c1-25(2,3)20-11-9-19(10-12-20)23(29)28-24(32)27-21-13-15-22(16-14-21)33(30,31)26-17-18-7-5-4-6-8-18/h4-16,26H,17H2,1-3H3,(H2,27,28,29,32). The van der Waals surface area contributed by atoms with Crippen LogP contribution in [0.5, 0.6) is 0 Å². The second-order valence-electron chi connectivity index (χ2n) is 8.57. The van der Waals surface area contributed by atoms with Crippen LogP contribution in [0, 0.1) is 0 Å². The predicted octanol–water partition coefficient (Wildman–Crippen LogP) is 4.59. The molecule has 8 heteroatoms. The van der Waals surface area contributed by atoms with Crippen molar-refractivity contribution in [1.82, 2.24) is 10.0 Å². The van der Waals surface area contributed by atoms with Crippen molar-refractivity contribution < 1.29 is 13.2 Å². The maximum absolute atomic E-state index is 12.5. The van der Waals surface area contributed by atoms with Gasteiger partial charge in [0.15, 0.2) is 5.11 Å². The van der Waals surface area contributed by atoms with Crippen LogP contribution in [0.3, 0.4) is 0 Å². The van der Waals surface area contributed by atoms with Crippen molar-refractivity contribution in [2.75, 3.05) is 5.32 Å². The SMILES string of the molecule is CC(C)(C)c1ccc(C(=O)NC(=S)Nc2ccc(S(=O)(=O)NCc3ccccc3)cc2)cc1. The summed E-state index contributed by atoms with van der Waals surface area (Å²) in [6.45, 7) is 6.53. The molecule has 0 aromatic heterocycles. The van der Waals surface area contributed by atoms with Crippen LogP contribution < -0.4 is 15.4 Å². The second-order valence-corrected chi connectivity index (χ2v) is 10.7. The Morgan fingerprint density at radius 2 is 1.48 bits per heavy atom. The minimum absolute atomic E-state index is 0.00255. The molecule has 0 unspecified atom stereocenters. The normalized spacial score (nSPS) is 11.6. The minimum atomic E-state index is -3.65. The molecule has 6 nitrogen and oxygen atoms in total. The lowest BCUT2D eigenvalue weighted by atomic mass is 9.87. The highest BCUT2D eigenvalue weighted by molar-refractivity contribution is 7.89. The smallest absolute Gasteiger partial charge is 0.257 e. The number of anilines is 1. The van der Waals surface area contributed by atoms with Crippen LogP contribution in [-0.4, -0.2) is 19.4 Å². The van der Waals surface area contributed by atoms with Gasteiger partial charge in [-0.1, -0.05) is 63.2 Å². The van der Waals surface area contributed by atoms with Crippen molar-refractivity contribution in [2.24, 2.45) is 0 Å². The fourth-order valence-corrected chi connectivity index (χ4v) is 4.26. The molecule has 0 atom stereocenters. The third kappa shape index (κ3) is 6.95. The fraction of sp³-hybridized carbons (Fsp3) is 0.200. The van der Waals surface area contributed by atoms with Gasteiger partial charge in [0.05, 0.1) is 4.90 Å².